The predicted octanol–water partition coefficient (Wildman–Crippen LogP) is 5.54. The number of hydrogen-bond donors (Lipinski definition) is 4. The van der Waals surface area contributed by atoms with Gasteiger partial charge in [-0.25, -0.2) is 4.98 Å². The van der Waals surface area contributed by atoms with Crippen LogP contribution in [-0.4, -0.2) is 60.0 Å². The number of alkyl halides is 9. The first kappa shape index (κ1) is 33.7. The molecule has 1 atom stereocenters. The van der Waals surface area contributed by atoms with Gasteiger partial charge in [-0.3, -0.25) is 14.5 Å². The lowest BCUT2D eigenvalue weighted by molar-refractivity contribution is -0.182. The van der Waals surface area contributed by atoms with Gasteiger partial charge in [-0.2, -0.15) is 39.5 Å². The number of ether oxygens (including phenoxy) is 1. The molecule has 5 N–H and O–H groups in total. The van der Waals surface area contributed by atoms with Gasteiger partial charge >= 0.3 is 18.5 Å². The quantitative estimate of drug-likeness (QED) is 0.187. The van der Waals surface area contributed by atoms with E-state index in [1.807, 2.05) is 5.32 Å². The number of carbonyl (C=O) groups excluding carboxylic acids is 2. The number of halogens is 9. The van der Waals surface area contributed by atoms with E-state index in [2.05, 4.69) is 15.3 Å². The lowest BCUT2D eigenvalue weighted by Crippen LogP contribution is -2.52. The Labute approximate surface area is 249 Å². The summed E-state index contributed by atoms with van der Waals surface area (Å²) in [5.41, 5.74) is 3.24. The Balaban J connectivity index is 1.66. The van der Waals surface area contributed by atoms with Gasteiger partial charge in [-0.15, -0.1) is 0 Å². The molecular weight excluding hydrogens is 627 g/mol. The van der Waals surface area contributed by atoms with E-state index < -0.39 is 66.3 Å². The van der Waals surface area contributed by atoms with Gasteiger partial charge in [-0.05, 0) is 43.9 Å². The fourth-order valence-corrected chi connectivity index (χ4v) is 4.97. The van der Waals surface area contributed by atoms with Crippen LogP contribution in [0.5, 0.6) is 5.75 Å². The number of methoxy groups -OCH3 is 1. The molecule has 1 fully saturated rings. The van der Waals surface area contributed by atoms with Crippen molar-refractivity contribution in [3.8, 4) is 5.75 Å². The van der Waals surface area contributed by atoms with Gasteiger partial charge in [0.1, 0.15) is 5.75 Å². The number of amides is 2. The van der Waals surface area contributed by atoms with Gasteiger partial charge < -0.3 is 26.1 Å². The molecule has 1 heterocycles. The van der Waals surface area contributed by atoms with E-state index in [1.165, 1.54) is 25.3 Å². The minimum absolute atomic E-state index is 0.0197. The molecule has 0 bridgehead atoms. The first-order chi connectivity index (χ1) is 20.9. The van der Waals surface area contributed by atoms with Gasteiger partial charge in [0.15, 0.2) is 6.04 Å². The first-order valence-corrected chi connectivity index (χ1v) is 13.4. The average molecular weight is 655 g/mol. The van der Waals surface area contributed by atoms with Crippen molar-refractivity contribution < 1.29 is 53.8 Å². The number of rotatable bonds is 8. The highest BCUT2D eigenvalue weighted by Gasteiger charge is 2.43. The number of nitrogens with one attached hydrogen (secondary N) is 3. The Morgan fingerprint density at radius 3 is 2.27 bits per heavy atom. The van der Waals surface area contributed by atoms with E-state index in [0.717, 1.165) is 23.1 Å². The molecule has 0 saturated heterocycles. The summed E-state index contributed by atoms with van der Waals surface area (Å²) in [6.45, 7) is -0.930. The number of nitrogens with two attached hydrogens (primary N) is 1. The second-order valence-corrected chi connectivity index (χ2v) is 10.4. The molecular formula is C27H27F9N6O3. The molecule has 45 heavy (non-hydrogen) atoms. The zero-order valence-electron chi connectivity index (χ0n) is 23.3. The van der Waals surface area contributed by atoms with Crippen LogP contribution in [0.25, 0.3) is 11.0 Å². The number of H-pyrrole nitrogens is 1. The van der Waals surface area contributed by atoms with Gasteiger partial charge in [0.25, 0.3) is 5.91 Å². The van der Waals surface area contributed by atoms with Crippen molar-refractivity contribution in [3.63, 3.8) is 0 Å². The Morgan fingerprint density at radius 2 is 1.69 bits per heavy atom. The van der Waals surface area contributed by atoms with Crippen LogP contribution < -0.4 is 26.0 Å². The Morgan fingerprint density at radius 1 is 1.04 bits per heavy atom. The van der Waals surface area contributed by atoms with Crippen molar-refractivity contribution in [2.75, 3.05) is 18.7 Å². The molecule has 0 spiro atoms. The van der Waals surface area contributed by atoms with Crippen LogP contribution in [0, 0.1) is 5.92 Å². The molecule has 1 unspecified atom stereocenters. The molecule has 4 rings (SSSR count). The zero-order valence-corrected chi connectivity index (χ0v) is 23.3. The number of aromatic amines is 1. The zero-order chi connectivity index (χ0) is 33.3. The Hall–Kier alpha value is -4.22. The summed E-state index contributed by atoms with van der Waals surface area (Å²) < 4.78 is 125. The van der Waals surface area contributed by atoms with E-state index in [4.69, 9.17) is 10.5 Å². The van der Waals surface area contributed by atoms with Crippen LogP contribution in [-0.2, 0) is 11.0 Å². The highest BCUT2D eigenvalue weighted by molar-refractivity contribution is 6.01. The molecule has 246 valence electrons. The van der Waals surface area contributed by atoms with Gasteiger partial charge in [0.05, 0.1) is 47.5 Å². The molecule has 0 aliphatic heterocycles. The lowest BCUT2D eigenvalue weighted by Gasteiger charge is -2.30. The summed E-state index contributed by atoms with van der Waals surface area (Å²) >= 11 is 0. The van der Waals surface area contributed by atoms with Crippen molar-refractivity contribution in [3.05, 3.63) is 47.5 Å². The van der Waals surface area contributed by atoms with Gasteiger partial charge in [0, 0.05) is 12.1 Å². The van der Waals surface area contributed by atoms with Crippen molar-refractivity contribution in [1.82, 2.24) is 20.6 Å². The molecule has 9 nitrogen and oxygen atoms in total. The number of aromatic nitrogens is 2. The van der Waals surface area contributed by atoms with Crippen LogP contribution in [0.1, 0.15) is 41.6 Å². The highest BCUT2D eigenvalue weighted by atomic mass is 19.4. The minimum atomic E-state index is -5.12. The van der Waals surface area contributed by atoms with Gasteiger partial charge in [0.2, 0.25) is 11.9 Å². The number of imidazole rings is 1. The van der Waals surface area contributed by atoms with Crippen LogP contribution in [0.3, 0.4) is 0 Å². The SMILES string of the molecule is COc1cc2nc(N(CNC(=O)C(N)C(F)(F)F)c3ccccc3C(F)(F)F)[nH]c2cc1C(=O)NC1CCC(C(F)(F)F)CC1. The summed E-state index contributed by atoms with van der Waals surface area (Å²) in [6, 6.07) is 3.09. The smallest absolute Gasteiger partial charge is 0.418 e. The van der Waals surface area contributed by atoms with Crippen LogP contribution in [0.15, 0.2) is 36.4 Å². The summed E-state index contributed by atoms with van der Waals surface area (Å²) in [5.74, 6) is -4.23. The number of para-hydroxylation sites is 1. The summed E-state index contributed by atoms with van der Waals surface area (Å²) in [4.78, 5) is 32.9. The van der Waals surface area contributed by atoms with E-state index >= 15 is 0 Å². The summed E-state index contributed by atoms with van der Waals surface area (Å²) in [7, 11) is 1.23. The molecule has 1 aliphatic rings. The molecule has 1 saturated carbocycles. The molecule has 0 radical (unpaired) electrons. The fourth-order valence-electron chi connectivity index (χ4n) is 4.97. The molecule has 3 aromatic rings. The number of fused-ring (bicyclic) bond motifs is 1. The van der Waals surface area contributed by atoms with E-state index in [1.54, 1.807) is 0 Å². The van der Waals surface area contributed by atoms with Crippen molar-refractivity contribution in [2.24, 2.45) is 11.7 Å². The van der Waals surface area contributed by atoms with Crippen LogP contribution in [0.2, 0.25) is 0 Å². The Kier molecular flexibility index (Phi) is 9.46. The van der Waals surface area contributed by atoms with Crippen molar-refractivity contribution in [2.45, 2.75) is 56.3 Å². The van der Waals surface area contributed by atoms with Crippen molar-refractivity contribution >= 4 is 34.5 Å². The molecule has 2 amide bonds. The monoisotopic (exact) mass is 654 g/mol. The lowest BCUT2D eigenvalue weighted by atomic mass is 9.85. The number of hydrogen-bond acceptors (Lipinski definition) is 6. The summed E-state index contributed by atoms with van der Waals surface area (Å²) in [5, 5.41) is 4.55. The van der Waals surface area contributed by atoms with Crippen LogP contribution >= 0.6 is 0 Å². The molecule has 1 aromatic heterocycles. The largest absolute Gasteiger partial charge is 0.496 e. The maximum absolute atomic E-state index is 13.9. The third kappa shape index (κ3) is 7.72. The second-order valence-electron chi connectivity index (χ2n) is 10.4. The highest BCUT2D eigenvalue weighted by Crippen LogP contribution is 2.40. The Bertz CT molecular complexity index is 1530. The third-order valence-electron chi connectivity index (χ3n) is 7.36. The first-order valence-electron chi connectivity index (χ1n) is 13.4. The van der Waals surface area contributed by atoms with E-state index in [-0.39, 0.29) is 54.0 Å². The normalized spacial score (nSPS) is 18.4. The predicted molar refractivity (Wildman–Crippen MR) is 143 cm³/mol. The minimum Gasteiger partial charge on any atom is -0.496 e. The molecule has 2 aromatic carbocycles. The van der Waals surface area contributed by atoms with Crippen molar-refractivity contribution in [1.29, 1.82) is 0 Å². The maximum Gasteiger partial charge on any atom is 0.418 e. The number of benzene rings is 2. The second kappa shape index (κ2) is 12.6. The summed E-state index contributed by atoms with van der Waals surface area (Å²) in [6.07, 6.45) is -14.5. The third-order valence-corrected chi connectivity index (χ3v) is 7.36. The topological polar surface area (TPSA) is 125 Å². The van der Waals surface area contributed by atoms with E-state index in [0.29, 0.717) is 0 Å². The molecule has 18 heteroatoms. The van der Waals surface area contributed by atoms with Crippen LogP contribution in [0.4, 0.5) is 51.1 Å². The number of carbonyl (C=O) groups is 2. The number of anilines is 2. The fraction of sp³-hybridized carbons (Fsp3) is 0.444. The average Bonchev–Trinajstić information content (AvgIpc) is 3.37. The van der Waals surface area contributed by atoms with E-state index in [9.17, 15) is 49.1 Å². The molecule has 1 aliphatic carbocycles. The standard InChI is InChI=1S/C27H27F9N6O3/c1-45-20-11-18-17(10-15(20)22(43)39-14-8-6-13(7-9-14)25(28,29)30)40-24(41-18)42(12-38-23(44)21(37)27(34,35)36)19-5-3-2-4-16(19)26(31,32)33/h2-5,10-11,13-14,21H,6-9,12,37H2,1H3,(H,38,44)(H,39,43)(H,40,41). The number of nitrogens with zero attached hydrogens (tertiary/aromatic N) is 2. The maximum atomic E-state index is 13.9. The van der Waals surface area contributed by atoms with Gasteiger partial charge in [-0.1, -0.05) is 12.1 Å².